The number of aromatic nitrogens is 3. The lowest BCUT2D eigenvalue weighted by molar-refractivity contribution is 0.0991. The number of H-pyrrole nitrogens is 1. The molecule has 0 atom stereocenters. The Labute approximate surface area is 163 Å². The minimum absolute atomic E-state index is 0.0567. The lowest BCUT2D eigenvalue weighted by Crippen LogP contribution is -2.12. The van der Waals surface area contributed by atoms with E-state index in [9.17, 15) is 18.0 Å². The molecule has 0 aliphatic carbocycles. The highest BCUT2D eigenvalue weighted by atomic mass is 19.2. The summed E-state index contributed by atoms with van der Waals surface area (Å²) >= 11 is 0. The quantitative estimate of drug-likeness (QED) is 0.506. The van der Waals surface area contributed by atoms with E-state index in [1.54, 1.807) is 48.5 Å². The zero-order chi connectivity index (χ0) is 20.5. The van der Waals surface area contributed by atoms with Crippen molar-refractivity contribution in [1.82, 2.24) is 15.2 Å². The van der Waals surface area contributed by atoms with E-state index in [1.165, 1.54) is 6.07 Å². The molecule has 0 radical (unpaired) electrons. The van der Waals surface area contributed by atoms with Crippen LogP contribution in [-0.2, 0) is 0 Å². The summed E-state index contributed by atoms with van der Waals surface area (Å²) in [5, 5.41) is 6.43. The van der Waals surface area contributed by atoms with Crippen molar-refractivity contribution in [3.8, 4) is 33.6 Å². The van der Waals surface area contributed by atoms with E-state index >= 15 is 0 Å². The van der Waals surface area contributed by atoms with Crippen LogP contribution in [0.25, 0.3) is 33.6 Å². The van der Waals surface area contributed by atoms with Crippen LogP contribution in [0, 0.1) is 17.5 Å². The van der Waals surface area contributed by atoms with E-state index in [-0.39, 0.29) is 17.2 Å². The summed E-state index contributed by atoms with van der Waals surface area (Å²) in [4.78, 5) is 15.3. The summed E-state index contributed by atoms with van der Waals surface area (Å²) in [6.45, 7) is 0. The molecule has 3 N–H and O–H groups in total. The molecule has 0 saturated heterocycles. The van der Waals surface area contributed by atoms with Crippen LogP contribution in [-0.4, -0.2) is 21.1 Å². The van der Waals surface area contributed by atoms with Crippen LogP contribution in [0.1, 0.15) is 10.6 Å². The SMILES string of the molecule is NC(=O)c1nc(-c2cccc(-c3ccccc3-c3ccc(F)c(F)c3F)c2)n[nH]1. The van der Waals surface area contributed by atoms with Crippen LogP contribution < -0.4 is 5.73 Å². The third-order valence-electron chi connectivity index (χ3n) is 4.40. The van der Waals surface area contributed by atoms with E-state index in [0.717, 1.165) is 6.07 Å². The van der Waals surface area contributed by atoms with Gasteiger partial charge in [0.2, 0.25) is 5.82 Å². The Morgan fingerprint density at radius 2 is 1.55 bits per heavy atom. The molecule has 0 aliphatic rings. The number of primary amides is 1. The van der Waals surface area contributed by atoms with Crippen molar-refractivity contribution in [1.29, 1.82) is 0 Å². The van der Waals surface area contributed by atoms with Crippen LogP contribution in [0.15, 0.2) is 60.7 Å². The maximum Gasteiger partial charge on any atom is 0.286 e. The fraction of sp³-hybridized carbons (Fsp3) is 0. The molecule has 1 amide bonds. The second kappa shape index (κ2) is 7.23. The highest BCUT2D eigenvalue weighted by molar-refractivity contribution is 5.89. The summed E-state index contributed by atoms with van der Waals surface area (Å²) in [7, 11) is 0. The number of carbonyl (C=O) groups excluding carboxylic acids is 1. The first-order valence-corrected chi connectivity index (χ1v) is 8.51. The number of aromatic amines is 1. The highest BCUT2D eigenvalue weighted by Gasteiger charge is 2.18. The number of nitrogens with zero attached hydrogens (tertiary/aromatic N) is 2. The molecule has 4 rings (SSSR count). The third kappa shape index (κ3) is 3.36. The zero-order valence-electron chi connectivity index (χ0n) is 14.8. The van der Waals surface area contributed by atoms with E-state index in [0.29, 0.717) is 22.3 Å². The Morgan fingerprint density at radius 1 is 0.828 bits per heavy atom. The maximum atomic E-state index is 14.4. The molecule has 0 unspecified atom stereocenters. The number of hydrogen-bond donors (Lipinski definition) is 2. The molecule has 0 saturated carbocycles. The minimum Gasteiger partial charge on any atom is -0.363 e. The third-order valence-corrected chi connectivity index (χ3v) is 4.40. The molecule has 0 aliphatic heterocycles. The van der Waals surface area contributed by atoms with Crippen molar-refractivity contribution in [3.05, 3.63) is 83.9 Å². The van der Waals surface area contributed by atoms with Gasteiger partial charge in [-0.3, -0.25) is 9.89 Å². The van der Waals surface area contributed by atoms with E-state index in [1.807, 2.05) is 0 Å². The summed E-state index contributed by atoms with van der Waals surface area (Å²) in [6.07, 6.45) is 0. The van der Waals surface area contributed by atoms with Crippen LogP contribution in [0.3, 0.4) is 0 Å². The standard InChI is InChI=1S/C21H13F3N4O/c22-16-9-8-15(17(23)18(16)24)14-7-2-1-6-13(14)11-4-3-5-12(10-11)20-26-21(19(25)29)28-27-20/h1-10H,(H2,25,29)(H,26,27,28). The molecule has 0 spiro atoms. The van der Waals surface area contributed by atoms with Crippen LogP contribution in [0.2, 0.25) is 0 Å². The number of hydrogen-bond acceptors (Lipinski definition) is 3. The van der Waals surface area contributed by atoms with Gasteiger partial charge in [0.1, 0.15) is 0 Å². The van der Waals surface area contributed by atoms with Gasteiger partial charge in [-0.25, -0.2) is 18.2 Å². The van der Waals surface area contributed by atoms with Gasteiger partial charge in [0.25, 0.3) is 5.91 Å². The molecular weight excluding hydrogens is 381 g/mol. The predicted octanol–water partition coefficient (Wildman–Crippen LogP) is 4.32. The number of amides is 1. The number of carbonyl (C=O) groups is 1. The first-order chi connectivity index (χ1) is 14.0. The summed E-state index contributed by atoms with van der Waals surface area (Å²) in [5.74, 6) is -4.58. The Bertz CT molecular complexity index is 1240. The van der Waals surface area contributed by atoms with E-state index in [2.05, 4.69) is 15.2 Å². The first-order valence-electron chi connectivity index (χ1n) is 8.51. The molecule has 5 nitrogen and oxygen atoms in total. The van der Waals surface area contributed by atoms with Crippen molar-refractivity contribution < 1.29 is 18.0 Å². The average molecular weight is 394 g/mol. The number of benzene rings is 3. The van der Waals surface area contributed by atoms with Gasteiger partial charge in [0.15, 0.2) is 23.3 Å². The maximum absolute atomic E-state index is 14.4. The molecule has 3 aromatic carbocycles. The van der Waals surface area contributed by atoms with Crippen LogP contribution >= 0.6 is 0 Å². The lowest BCUT2D eigenvalue weighted by Gasteiger charge is -2.12. The Kier molecular flexibility index (Phi) is 4.59. The van der Waals surface area contributed by atoms with E-state index < -0.39 is 23.4 Å². The molecule has 0 fully saturated rings. The number of halogens is 3. The smallest absolute Gasteiger partial charge is 0.286 e. The predicted molar refractivity (Wildman–Crippen MR) is 101 cm³/mol. The minimum atomic E-state index is -1.52. The normalized spacial score (nSPS) is 10.9. The van der Waals surface area contributed by atoms with Gasteiger partial charge in [0, 0.05) is 11.1 Å². The van der Waals surface area contributed by atoms with Crippen molar-refractivity contribution in [2.24, 2.45) is 5.73 Å². The molecule has 1 heterocycles. The largest absolute Gasteiger partial charge is 0.363 e. The number of nitrogens with one attached hydrogen (secondary N) is 1. The van der Waals surface area contributed by atoms with Gasteiger partial charge in [-0.1, -0.05) is 42.5 Å². The first kappa shape index (κ1) is 18.4. The topological polar surface area (TPSA) is 84.7 Å². The second-order valence-corrected chi connectivity index (χ2v) is 6.22. The average Bonchev–Trinajstić information content (AvgIpc) is 3.23. The molecule has 1 aromatic heterocycles. The molecule has 8 heteroatoms. The summed E-state index contributed by atoms with van der Waals surface area (Å²) < 4.78 is 41.5. The Hall–Kier alpha value is -3.94. The second-order valence-electron chi connectivity index (χ2n) is 6.22. The molecule has 144 valence electrons. The van der Waals surface area contributed by atoms with Gasteiger partial charge < -0.3 is 5.73 Å². The Balaban J connectivity index is 1.83. The van der Waals surface area contributed by atoms with Gasteiger partial charge in [0.05, 0.1) is 0 Å². The van der Waals surface area contributed by atoms with Gasteiger partial charge in [-0.15, -0.1) is 0 Å². The summed E-state index contributed by atoms with van der Waals surface area (Å²) in [6, 6.07) is 15.9. The summed E-state index contributed by atoms with van der Waals surface area (Å²) in [5.41, 5.74) is 7.39. The monoisotopic (exact) mass is 394 g/mol. The Morgan fingerprint density at radius 3 is 2.28 bits per heavy atom. The van der Waals surface area contributed by atoms with Crippen LogP contribution in [0.4, 0.5) is 13.2 Å². The molecule has 4 aromatic rings. The fourth-order valence-electron chi connectivity index (χ4n) is 3.03. The molecular formula is C21H13F3N4O. The van der Waals surface area contributed by atoms with Crippen molar-refractivity contribution in [2.75, 3.05) is 0 Å². The van der Waals surface area contributed by atoms with Crippen LogP contribution in [0.5, 0.6) is 0 Å². The van der Waals surface area contributed by atoms with Gasteiger partial charge in [-0.05, 0) is 34.9 Å². The molecule has 0 bridgehead atoms. The van der Waals surface area contributed by atoms with Crippen molar-refractivity contribution in [3.63, 3.8) is 0 Å². The molecule has 29 heavy (non-hydrogen) atoms. The zero-order valence-corrected chi connectivity index (χ0v) is 14.8. The van der Waals surface area contributed by atoms with Crippen molar-refractivity contribution >= 4 is 5.91 Å². The highest BCUT2D eigenvalue weighted by Crippen LogP contribution is 2.35. The number of nitrogens with two attached hydrogens (primary N) is 1. The lowest BCUT2D eigenvalue weighted by atomic mass is 9.93. The fourth-order valence-corrected chi connectivity index (χ4v) is 3.03. The number of rotatable bonds is 4. The van der Waals surface area contributed by atoms with Crippen molar-refractivity contribution in [2.45, 2.75) is 0 Å². The van der Waals surface area contributed by atoms with Gasteiger partial charge in [-0.2, -0.15) is 5.10 Å². The van der Waals surface area contributed by atoms with Gasteiger partial charge >= 0.3 is 0 Å². The van der Waals surface area contributed by atoms with E-state index in [4.69, 9.17) is 5.73 Å².